The number of aromatic nitrogens is 2. The molecule has 6 nitrogen and oxygen atoms in total. The summed E-state index contributed by atoms with van der Waals surface area (Å²) < 4.78 is 0. The third kappa shape index (κ3) is 4.65. The average Bonchev–Trinajstić information content (AvgIpc) is 3.26. The van der Waals surface area contributed by atoms with E-state index >= 15 is 0 Å². The number of rotatable bonds is 5. The molecule has 2 unspecified atom stereocenters. The van der Waals surface area contributed by atoms with Crippen molar-refractivity contribution >= 4 is 11.9 Å². The average molecular weight is 386 g/mol. The molecule has 0 saturated carbocycles. The van der Waals surface area contributed by atoms with Gasteiger partial charge in [-0.1, -0.05) is 6.92 Å². The van der Waals surface area contributed by atoms with Crippen molar-refractivity contribution in [1.29, 1.82) is 0 Å². The highest BCUT2D eigenvalue weighted by Gasteiger charge is 2.29. The smallest absolute Gasteiger partial charge is 0.257 e. The highest BCUT2D eigenvalue weighted by atomic mass is 16.2. The maximum absolute atomic E-state index is 13.2. The summed E-state index contributed by atoms with van der Waals surface area (Å²) in [6, 6.07) is 0.365. The minimum atomic E-state index is 0.115. The predicted molar refractivity (Wildman–Crippen MR) is 112 cm³/mol. The molecular weight excluding hydrogens is 350 g/mol. The SMILES string of the molecule is CC1CCCN(c2ncc(C(=O)N3CCCCC3CCN3CCCC3)cn2)C1. The van der Waals surface area contributed by atoms with E-state index in [1.165, 1.54) is 45.2 Å². The van der Waals surface area contributed by atoms with Crippen LogP contribution in [0.15, 0.2) is 12.4 Å². The second-order valence-electron chi connectivity index (χ2n) is 8.95. The van der Waals surface area contributed by atoms with Crippen LogP contribution in [0.2, 0.25) is 0 Å². The van der Waals surface area contributed by atoms with E-state index in [0.29, 0.717) is 17.5 Å². The van der Waals surface area contributed by atoms with Gasteiger partial charge in [-0.3, -0.25) is 4.79 Å². The van der Waals surface area contributed by atoms with E-state index < -0.39 is 0 Å². The van der Waals surface area contributed by atoms with Gasteiger partial charge >= 0.3 is 0 Å². The van der Waals surface area contributed by atoms with Crippen molar-refractivity contribution < 1.29 is 4.79 Å². The monoisotopic (exact) mass is 385 g/mol. The lowest BCUT2D eigenvalue weighted by atomic mass is 9.98. The lowest BCUT2D eigenvalue weighted by Crippen LogP contribution is -2.45. The number of carbonyl (C=O) groups is 1. The molecule has 4 heterocycles. The number of hydrogen-bond acceptors (Lipinski definition) is 5. The molecule has 0 radical (unpaired) electrons. The number of likely N-dealkylation sites (tertiary alicyclic amines) is 2. The Morgan fingerprint density at radius 1 is 1.00 bits per heavy atom. The molecule has 1 amide bonds. The third-order valence-corrected chi connectivity index (χ3v) is 6.69. The molecule has 28 heavy (non-hydrogen) atoms. The third-order valence-electron chi connectivity index (χ3n) is 6.69. The summed E-state index contributed by atoms with van der Waals surface area (Å²) in [5.74, 6) is 1.57. The highest BCUT2D eigenvalue weighted by Crippen LogP contribution is 2.24. The number of piperidine rings is 2. The molecule has 3 aliphatic heterocycles. The van der Waals surface area contributed by atoms with E-state index in [0.717, 1.165) is 51.4 Å². The Balaban J connectivity index is 1.38. The van der Waals surface area contributed by atoms with Gasteiger partial charge in [-0.15, -0.1) is 0 Å². The van der Waals surface area contributed by atoms with Gasteiger partial charge in [0, 0.05) is 44.6 Å². The Bertz CT molecular complexity index is 643. The van der Waals surface area contributed by atoms with E-state index in [4.69, 9.17) is 0 Å². The van der Waals surface area contributed by atoms with E-state index in [1.54, 1.807) is 12.4 Å². The van der Waals surface area contributed by atoms with Gasteiger partial charge in [0.2, 0.25) is 5.95 Å². The Morgan fingerprint density at radius 3 is 2.50 bits per heavy atom. The zero-order valence-electron chi connectivity index (χ0n) is 17.4. The second-order valence-corrected chi connectivity index (χ2v) is 8.95. The number of nitrogens with zero attached hydrogens (tertiary/aromatic N) is 5. The van der Waals surface area contributed by atoms with Crippen LogP contribution < -0.4 is 4.90 Å². The molecule has 3 saturated heterocycles. The maximum atomic E-state index is 13.2. The first-order chi connectivity index (χ1) is 13.7. The molecule has 1 aromatic rings. The van der Waals surface area contributed by atoms with Crippen LogP contribution >= 0.6 is 0 Å². The van der Waals surface area contributed by atoms with Gasteiger partial charge in [-0.25, -0.2) is 9.97 Å². The van der Waals surface area contributed by atoms with Gasteiger partial charge in [0.1, 0.15) is 0 Å². The van der Waals surface area contributed by atoms with Crippen molar-refractivity contribution in [3.8, 4) is 0 Å². The molecular formula is C22H35N5O. The fourth-order valence-electron chi connectivity index (χ4n) is 5.04. The standard InChI is InChI=1S/C22H35N5O/c1-18-7-6-12-26(17-18)22-23-15-19(16-24-22)21(28)27-13-3-2-8-20(27)9-14-25-10-4-5-11-25/h15-16,18,20H,2-14,17H2,1H3. The van der Waals surface area contributed by atoms with Crippen LogP contribution in [0.4, 0.5) is 5.95 Å². The van der Waals surface area contributed by atoms with Crippen LogP contribution in [0.5, 0.6) is 0 Å². The van der Waals surface area contributed by atoms with Crippen molar-refractivity contribution in [2.75, 3.05) is 44.2 Å². The molecule has 0 aromatic carbocycles. The van der Waals surface area contributed by atoms with Crippen molar-refractivity contribution in [2.45, 2.75) is 64.3 Å². The molecule has 3 fully saturated rings. The van der Waals surface area contributed by atoms with Crippen molar-refractivity contribution in [2.24, 2.45) is 5.92 Å². The van der Waals surface area contributed by atoms with Crippen LogP contribution in [-0.4, -0.2) is 71.0 Å². The summed E-state index contributed by atoms with van der Waals surface area (Å²) in [7, 11) is 0. The summed E-state index contributed by atoms with van der Waals surface area (Å²) in [5, 5.41) is 0. The summed E-state index contributed by atoms with van der Waals surface area (Å²) in [6.45, 7) is 8.76. The topological polar surface area (TPSA) is 52.6 Å². The first-order valence-corrected chi connectivity index (χ1v) is 11.3. The lowest BCUT2D eigenvalue weighted by molar-refractivity contribution is 0.0587. The molecule has 4 rings (SSSR count). The zero-order valence-corrected chi connectivity index (χ0v) is 17.4. The minimum Gasteiger partial charge on any atom is -0.341 e. The number of amides is 1. The number of anilines is 1. The predicted octanol–water partition coefficient (Wildman–Crippen LogP) is 3.19. The quantitative estimate of drug-likeness (QED) is 0.779. The van der Waals surface area contributed by atoms with Gasteiger partial charge in [-0.05, 0) is 70.4 Å². The summed E-state index contributed by atoms with van der Waals surface area (Å²) in [4.78, 5) is 29.2. The lowest BCUT2D eigenvalue weighted by Gasteiger charge is -2.36. The molecule has 0 bridgehead atoms. The van der Waals surface area contributed by atoms with Crippen molar-refractivity contribution in [1.82, 2.24) is 19.8 Å². The van der Waals surface area contributed by atoms with Gasteiger partial charge in [-0.2, -0.15) is 0 Å². The van der Waals surface area contributed by atoms with E-state index in [1.807, 2.05) is 0 Å². The highest BCUT2D eigenvalue weighted by molar-refractivity contribution is 5.94. The second kappa shape index (κ2) is 9.21. The molecule has 0 aliphatic carbocycles. The molecule has 154 valence electrons. The minimum absolute atomic E-state index is 0.115. The first-order valence-electron chi connectivity index (χ1n) is 11.3. The van der Waals surface area contributed by atoms with E-state index in [-0.39, 0.29) is 5.91 Å². The summed E-state index contributed by atoms with van der Waals surface area (Å²) in [5.41, 5.74) is 0.641. The van der Waals surface area contributed by atoms with E-state index in [9.17, 15) is 4.79 Å². The van der Waals surface area contributed by atoms with Crippen LogP contribution in [0, 0.1) is 5.92 Å². The normalized spacial score (nSPS) is 26.6. The fraction of sp³-hybridized carbons (Fsp3) is 0.773. The number of hydrogen-bond donors (Lipinski definition) is 0. The first kappa shape index (κ1) is 19.6. The van der Waals surface area contributed by atoms with Crippen molar-refractivity contribution in [3.05, 3.63) is 18.0 Å². The van der Waals surface area contributed by atoms with Crippen molar-refractivity contribution in [3.63, 3.8) is 0 Å². The van der Waals surface area contributed by atoms with Crippen LogP contribution in [0.25, 0.3) is 0 Å². The maximum Gasteiger partial charge on any atom is 0.257 e. The molecule has 2 atom stereocenters. The largest absolute Gasteiger partial charge is 0.341 e. The molecule has 1 aromatic heterocycles. The van der Waals surface area contributed by atoms with Crippen LogP contribution in [0.3, 0.4) is 0 Å². The van der Waals surface area contributed by atoms with Gasteiger partial charge < -0.3 is 14.7 Å². The van der Waals surface area contributed by atoms with Gasteiger partial charge in [0.05, 0.1) is 5.56 Å². The molecule has 0 spiro atoms. The fourth-order valence-corrected chi connectivity index (χ4v) is 5.04. The van der Waals surface area contributed by atoms with E-state index in [2.05, 4.69) is 31.6 Å². The Morgan fingerprint density at radius 2 is 1.75 bits per heavy atom. The Kier molecular flexibility index (Phi) is 6.45. The molecule has 0 N–H and O–H groups in total. The van der Waals surface area contributed by atoms with Gasteiger partial charge in [0.15, 0.2) is 0 Å². The molecule has 6 heteroatoms. The number of carbonyl (C=O) groups excluding carboxylic acids is 1. The Hall–Kier alpha value is -1.69. The summed E-state index contributed by atoms with van der Waals surface area (Å²) >= 11 is 0. The molecule has 3 aliphatic rings. The van der Waals surface area contributed by atoms with Crippen LogP contribution in [-0.2, 0) is 0 Å². The van der Waals surface area contributed by atoms with Crippen LogP contribution in [0.1, 0.15) is 68.6 Å². The Labute approximate surface area is 169 Å². The summed E-state index contributed by atoms with van der Waals surface area (Å²) in [6.07, 6.45) is 13.2. The van der Waals surface area contributed by atoms with Gasteiger partial charge in [0.25, 0.3) is 5.91 Å². The zero-order chi connectivity index (χ0) is 19.3.